The summed E-state index contributed by atoms with van der Waals surface area (Å²) in [7, 11) is 0. The highest BCUT2D eigenvalue weighted by atomic mass is 14.7. The van der Waals surface area contributed by atoms with Crippen molar-refractivity contribution in [3.63, 3.8) is 0 Å². The topological polar surface area (TPSA) is 64.5 Å². The van der Waals surface area contributed by atoms with Crippen molar-refractivity contribution in [3.05, 3.63) is 201 Å². The van der Waals surface area contributed by atoms with E-state index in [2.05, 4.69) is 173 Å². The average Bonchev–Trinajstić information content (AvgIpc) is 3.30. The van der Waals surface area contributed by atoms with E-state index < -0.39 is 0 Å². The van der Waals surface area contributed by atoms with Crippen LogP contribution in [0.5, 0.6) is 0 Å². The molecule has 58 heavy (non-hydrogen) atoms. The van der Waals surface area contributed by atoms with Crippen LogP contribution in [0.2, 0.25) is 0 Å². The molecule has 0 bridgehead atoms. The summed E-state index contributed by atoms with van der Waals surface area (Å²) in [5, 5.41) is 4.41. The van der Waals surface area contributed by atoms with Crippen molar-refractivity contribution in [3.8, 4) is 67.0 Å². The van der Waals surface area contributed by atoms with Crippen LogP contribution < -0.4 is 0 Å². The Morgan fingerprint density at radius 1 is 0.293 bits per heavy atom. The lowest BCUT2D eigenvalue weighted by Crippen LogP contribution is -1.91. The first kappa shape index (κ1) is 33.4. The second kappa shape index (κ2) is 14.0. The Hall–Kier alpha value is -7.89. The first-order valence-corrected chi connectivity index (χ1v) is 19.4. The summed E-state index contributed by atoms with van der Waals surface area (Å²) in [6, 6.07) is 61.8. The minimum absolute atomic E-state index is 0.915. The van der Waals surface area contributed by atoms with Gasteiger partial charge in [-0.25, -0.2) is 9.97 Å². The number of rotatable bonds is 6. The van der Waals surface area contributed by atoms with Gasteiger partial charge >= 0.3 is 0 Å². The van der Waals surface area contributed by atoms with Crippen molar-refractivity contribution >= 4 is 43.6 Å². The summed E-state index contributed by atoms with van der Waals surface area (Å²) in [4.78, 5) is 23.9. The normalized spacial score (nSPS) is 11.4. The summed E-state index contributed by atoms with van der Waals surface area (Å²) in [6.07, 6.45) is 7.43. The maximum atomic E-state index is 5.25. The lowest BCUT2D eigenvalue weighted by molar-refractivity contribution is 1.33. The molecule has 11 aromatic rings. The van der Waals surface area contributed by atoms with Crippen LogP contribution in [-0.4, -0.2) is 24.9 Å². The van der Waals surface area contributed by atoms with Crippen LogP contribution in [0, 0.1) is 0 Å². The fourth-order valence-electron chi connectivity index (χ4n) is 8.11. The fraction of sp³-hybridized carbons (Fsp3) is 0. The standard InChI is InChI=1S/C53H33N5/c1-2-13-52-46(10-1)45(23-26-56-52)42-30-41(44-11-4-14-53-47(44)12-6-25-55-53)31-43(32-42)51-22-18-39-29-36(16-20-50(39)58-51)35-15-19-49-38(28-35)17-21-48(57-49)37-8-3-7-34(27-37)40-9-5-24-54-33-40/h1-33H. The van der Waals surface area contributed by atoms with Gasteiger partial charge in [0.2, 0.25) is 0 Å². The van der Waals surface area contributed by atoms with E-state index in [0.717, 1.165) is 111 Å². The molecule has 0 aliphatic heterocycles. The molecule has 5 heteroatoms. The number of pyridine rings is 5. The van der Waals surface area contributed by atoms with E-state index in [-0.39, 0.29) is 0 Å². The van der Waals surface area contributed by atoms with Crippen LogP contribution in [-0.2, 0) is 0 Å². The molecular weight excluding hydrogens is 707 g/mol. The molecule has 5 aromatic heterocycles. The van der Waals surface area contributed by atoms with Gasteiger partial charge in [-0.05, 0) is 130 Å². The second-order valence-electron chi connectivity index (χ2n) is 14.6. The van der Waals surface area contributed by atoms with Crippen LogP contribution in [0.3, 0.4) is 0 Å². The van der Waals surface area contributed by atoms with E-state index in [1.807, 2.05) is 36.8 Å². The molecule has 0 unspecified atom stereocenters. The second-order valence-corrected chi connectivity index (χ2v) is 14.6. The Kier molecular flexibility index (Phi) is 8.07. The monoisotopic (exact) mass is 739 g/mol. The minimum atomic E-state index is 0.915. The highest BCUT2D eigenvalue weighted by Crippen LogP contribution is 2.38. The number of hydrogen-bond acceptors (Lipinski definition) is 5. The molecule has 0 saturated carbocycles. The van der Waals surface area contributed by atoms with Crippen molar-refractivity contribution in [1.82, 2.24) is 24.9 Å². The molecule has 11 rings (SSSR count). The van der Waals surface area contributed by atoms with Crippen LogP contribution in [0.15, 0.2) is 201 Å². The Bertz CT molecular complexity index is 3250. The Labute approximate surface area is 335 Å². The van der Waals surface area contributed by atoms with Gasteiger partial charge in [0.05, 0.1) is 33.5 Å². The summed E-state index contributed by atoms with van der Waals surface area (Å²) in [5.74, 6) is 0. The lowest BCUT2D eigenvalue weighted by Gasteiger charge is -2.14. The van der Waals surface area contributed by atoms with E-state index in [4.69, 9.17) is 9.97 Å². The number of fused-ring (bicyclic) bond motifs is 4. The van der Waals surface area contributed by atoms with Crippen molar-refractivity contribution in [2.24, 2.45) is 0 Å². The highest BCUT2D eigenvalue weighted by Gasteiger charge is 2.14. The summed E-state index contributed by atoms with van der Waals surface area (Å²) >= 11 is 0. The molecule has 0 aliphatic rings. The van der Waals surface area contributed by atoms with E-state index in [9.17, 15) is 0 Å². The quantitative estimate of drug-likeness (QED) is 0.170. The summed E-state index contributed by atoms with van der Waals surface area (Å²) in [6.45, 7) is 0. The van der Waals surface area contributed by atoms with Gasteiger partial charge in [-0.3, -0.25) is 15.0 Å². The molecule has 0 radical (unpaired) electrons. The SMILES string of the molecule is c1cncc(-c2cccc(-c3ccc4cc(-c5ccc6nc(-c7cc(-c8cccc9ncccc89)cc(-c8ccnc9ccccc89)c7)ccc6c5)ccc4n3)c2)c1. The van der Waals surface area contributed by atoms with Crippen molar-refractivity contribution in [1.29, 1.82) is 0 Å². The van der Waals surface area contributed by atoms with Gasteiger partial charge in [0, 0.05) is 63.0 Å². The fourth-order valence-corrected chi connectivity index (χ4v) is 8.11. The third-order valence-corrected chi connectivity index (χ3v) is 11.0. The Balaban J connectivity index is 0.952. The first-order chi connectivity index (χ1) is 28.7. The Morgan fingerprint density at radius 3 is 1.59 bits per heavy atom. The molecule has 0 N–H and O–H groups in total. The van der Waals surface area contributed by atoms with Crippen molar-refractivity contribution < 1.29 is 0 Å². The van der Waals surface area contributed by atoms with Crippen LogP contribution in [0.25, 0.3) is 111 Å². The number of aromatic nitrogens is 5. The van der Waals surface area contributed by atoms with Crippen LogP contribution in [0.1, 0.15) is 0 Å². The van der Waals surface area contributed by atoms with Crippen molar-refractivity contribution in [2.75, 3.05) is 0 Å². The highest BCUT2D eigenvalue weighted by molar-refractivity contribution is 6.00. The van der Waals surface area contributed by atoms with Gasteiger partial charge in [-0.1, -0.05) is 84.9 Å². The summed E-state index contributed by atoms with van der Waals surface area (Å²) < 4.78 is 0. The molecule has 0 saturated heterocycles. The molecule has 6 aromatic carbocycles. The van der Waals surface area contributed by atoms with E-state index in [1.165, 1.54) is 0 Å². The third kappa shape index (κ3) is 6.12. The predicted octanol–water partition coefficient (Wildman–Crippen LogP) is 13.3. The molecular formula is C53H33N5. The maximum absolute atomic E-state index is 5.25. The zero-order valence-electron chi connectivity index (χ0n) is 31.3. The van der Waals surface area contributed by atoms with Gasteiger partial charge < -0.3 is 0 Å². The molecule has 0 amide bonds. The van der Waals surface area contributed by atoms with Gasteiger partial charge in [-0.15, -0.1) is 0 Å². The molecule has 5 heterocycles. The Morgan fingerprint density at radius 2 is 0.845 bits per heavy atom. The molecule has 270 valence electrons. The smallest absolute Gasteiger partial charge is 0.0710 e. The van der Waals surface area contributed by atoms with Gasteiger partial charge in [0.25, 0.3) is 0 Å². The molecule has 0 spiro atoms. The van der Waals surface area contributed by atoms with Crippen LogP contribution in [0.4, 0.5) is 0 Å². The number of para-hydroxylation sites is 1. The molecule has 5 nitrogen and oxygen atoms in total. The molecule has 0 atom stereocenters. The van der Waals surface area contributed by atoms with Crippen LogP contribution >= 0.6 is 0 Å². The summed E-state index contributed by atoms with van der Waals surface area (Å²) in [5.41, 5.74) is 16.8. The zero-order valence-corrected chi connectivity index (χ0v) is 31.3. The van der Waals surface area contributed by atoms with Gasteiger partial charge in [0.15, 0.2) is 0 Å². The number of nitrogens with zero attached hydrogens (tertiary/aromatic N) is 5. The number of benzene rings is 6. The third-order valence-electron chi connectivity index (χ3n) is 11.0. The molecule has 0 fully saturated rings. The lowest BCUT2D eigenvalue weighted by atomic mass is 9.92. The largest absolute Gasteiger partial charge is 0.264 e. The maximum Gasteiger partial charge on any atom is 0.0710 e. The van der Waals surface area contributed by atoms with Gasteiger partial charge in [-0.2, -0.15) is 0 Å². The van der Waals surface area contributed by atoms with E-state index >= 15 is 0 Å². The van der Waals surface area contributed by atoms with E-state index in [1.54, 1.807) is 6.20 Å². The zero-order chi connectivity index (χ0) is 38.4. The number of hydrogen-bond donors (Lipinski definition) is 0. The minimum Gasteiger partial charge on any atom is -0.264 e. The predicted molar refractivity (Wildman–Crippen MR) is 238 cm³/mol. The van der Waals surface area contributed by atoms with Gasteiger partial charge in [0.1, 0.15) is 0 Å². The average molecular weight is 740 g/mol. The van der Waals surface area contributed by atoms with Crippen molar-refractivity contribution in [2.45, 2.75) is 0 Å². The molecule has 0 aliphatic carbocycles. The first-order valence-electron chi connectivity index (χ1n) is 19.4. The van der Waals surface area contributed by atoms with E-state index in [0.29, 0.717) is 0 Å².